The van der Waals surface area contributed by atoms with Crippen molar-refractivity contribution in [1.29, 1.82) is 0 Å². The van der Waals surface area contributed by atoms with Crippen LogP contribution in [-0.4, -0.2) is 116 Å². The van der Waals surface area contributed by atoms with Crippen molar-refractivity contribution < 1.29 is 24.2 Å². The van der Waals surface area contributed by atoms with Crippen molar-refractivity contribution in [3.63, 3.8) is 0 Å². The molecule has 318 valence electrons. The molecule has 4 aliphatic heterocycles. The van der Waals surface area contributed by atoms with Crippen molar-refractivity contribution in [2.24, 2.45) is 39.3 Å². The quantitative estimate of drug-likeness (QED) is 0.0716. The third kappa shape index (κ3) is 10.4. The topological polar surface area (TPSA) is 210 Å². The number of amides is 2. The highest BCUT2D eigenvalue weighted by Gasteiger charge is 2.50. The number of phenolic OH excluding ortho intramolecular Hbond substituents is 1. The number of aldehydes is 1. The zero-order valence-corrected chi connectivity index (χ0v) is 34.5. The number of hydrogen-bond donors (Lipinski definition) is 5. The Kier molecular flexibility index (Phi) is 14.2. The Bertz CT molecular complexity index is 1880. The molecule has 4 heterocycles. The van der Waals surface area contributed by atoms with Gasteiger partial charge in [0.25, 0.3) is 5.91 Å². The van der Waals surface area contributed by atoms with Gasteiger partial charge in [0, 0.05) is 114 Å². The second kappa shape index (κ2) is 19.5. The average molecular weight is 810 g/mol. The summed E-state index contributed by atoms with van der Waals surface area (Å²) < 4.78 is 6.36. The summed E-state index contributed by atoms with van der Waals surface area (Å²) in [7, 11) is 1.65. The van der Waals surface area contributed by atoms with E-state index >= 15 is 0 Å². The van der Waals surface area contributed by atoms with Gasteiger partial charge in [-0.15, -0.1) is 0 Å². The van der Waals surface area contributed by atoms with Gasteiger partial charge < -0.3 is 57.2 Å². The van der Waals surface area contributed by atoms with Gasteiger partial charge in [-0.05, 0) is 92.3 Å². The van der Waals surface area contributed by atoms with Crippen LogP contribution in [0.1, 0.15) is 74.8 Å². The summed E-state index contributed by atoms with van der Waals surface area (Å²) in [5, 5.41) is 10.3. The molecule has 4 fully saturated rings. The first kappa shape index (κ1) is 43.1. The number of carbonyl (C=O) groups excluding carboxylic acids is 3. The molecular weight excluding hydrogens is 747 g/mol. The molecule has 4 saturated heterocycles. The number of likely N-dealkylation sites (tertiary alicyclic amines) is 3. The Hall–Kier alpha value is -5.50. The van der Waals surface area contributed by atoms with Gasteiger partial charge >= 0.3 is 0 Å². The van der Waals surface area contributed by atoms with Crippen molar-refractivity contribution in [3.05, 3.63) is 89.6 Å². The van der Waals surface area contributed by atoms with E-state index in [1.165, 1.54) is 12.6 Å². The van der Waals surface area contributed by atoms with Crippen LogP contribution < -0.4 is 27.8 Å². The number of anilines is 1. The molecule has 4 aliphatic rings. The number of hydrogen-bond acceptors (Lipinski definition) is 12. The number of para-hydroxylation sites is 1. The summed E-state index contributed by atoms with van der Waals surface area (Å²) >= 11 is 0. The van der Waals surface area contributed by atoms with Crippen molar-refractivity contribution in [3.8, 4) is 5.75 Å². The second-order valence-corrected chi connectivity index (χ2v) is 16.8. The lowest BCUT2D eigenvalue weighted by Gasteiger charge is -2.55. The van der Waals surface area contributed by atoms with Crippen LogP contribution in [0.5, 0.6) is 5.75 Å². The van der Waals surface area contributed by atoms with Gasteiger partial charge in [0.15, 0.2) is 11.5 Å². The van der Waals surface area contributed by atoms with Gasteiger partial charge in [0.1, 0.15) is 12.0 Å². The van der Waals surface area contributed by atoms with E-state index in [1.807, 2.05) is 23.1 Å². The van der Waals surface area contributed by atoms with Crippen LogP contribution in [0.3, 0.4) is 0 Å². The molecule has 2 aromatic rings. The minimum absolute atomic E-state index is 0.0257. The normalized spacial score (nSPS) is 21.0. The zero-order valence-electron chi connectivity index (χ0n) is 34.5. The Morgan fingerprint density at radius 1 is 0.932 bits per heavy atom. The first-order chi connectivity index (χ1) is 28.5. The van der Waals surface area contributed by atoms with Crippen LogP contribution in [0.2, 0.25) is 0 Å². The largest absolute Gasteiger partial charge is 0.507 e. The van der Waals surface area contributed by atoms with E-state index in [0.717, 1.165) is 75.9 Å². The Morgan fingerprint density at radius 2 is 1.59 bits per heavy atom. The molecule has 1 spiro atoms. The minimum atomic E-state index is -1.12. The monoisotopic (exact) mass is 809 g/mol. The van der Waals surface area contributed by atoms with Gasteiger partial charge in [-0.1, -0.05) is 24.3 Å². The molecule has 0 bridgehead atoms. The number of primary amides is 1. The smallest absolute Gasteiger partial charge is 0.266 e. The number of rotatable bonds is 16. The van der Waals surface area contributed by atoms with Crippen LogP contribution in [0, 0.1) is 11.3 Å². The molecule has 0 saturated carbocycles. The third-order valence-corrected chi connectivity index (χ3v) is 13.0. The molecule has 14 heteroatoms. The summed E-state index contributed by atoms with van der Waals surface area (Å²) in [5.41, 5.74) is 27.1. The minimum Gasteiger partial charge on any atom is -0.507 e. The van der Waals surface area contributed by atoms with E-state index in [-0.39, 0.29) is 23.0 Å². The lowest BCUT2D eigenvalue weighted by Crippen LogP contribution is -2.63. The number of aliphatic imine (C=N–C) groups is 1. The summed E-state index contributed by atoms with van der Waals surface area (Å²) in [6, 6.07) is 15.0. The molecule has 1 unspecified atom stereocenters. The number of ether oxygens (including phenoxy) is 1. The lowest BCUT2D eigenvalue weighted by molar-refractivity contribution is -0.163. The van der Waals surface area contributed by atoms with Crippen LogP contribution in [-0.2, 0) is 19.1 Å². The molecule has 9 N–H and O–H groups in total. The lowest BCUT2D eigenvalue weighted by atomic mass is 9.71. The number of allylic oxidation sites excluding steroid dienone is 2. The summed E-state index contributed by atoms with van der Waals surface area (Å²) in [5.74, 6) is 0.0788. The number of piperidine rings is 3. The van der Waals surface area contributed by atoms with E-state index in [2.05, 4.69) is 31.8 Å². The predicted molar refractivity (Wildman–Crippen MR) is 232 cm³/mol. The van der Waals surface area contributed by atoms with E-state index in [1.54, 1.807) is 43.6 Å². The highest BCUT2D eigenvalue weighted by atomic mass is 16.5. The van der Waals surface area contributed by atoms with E-state index in [4.69, 9.17) is 27.7 Å². The molecule has 1 atom stereocenters. The van der Waals surface area contributed by atoms with Crippen LogP contribution in [0.4, 0.5) is 5.69 Å². The number of aromatic hydroxyl groups is 1. The molecule has 6 rings (SSSR count). The summed E-state index contributed by atoms with van der Waals surface area (Å²) in [6.07, 6.45) is 14.2. The van der Waals surface area contributed by atoms with Crippen molar-refractivity contribution in [2.75, 3.05) is 70.9 Å². The van der Waals surface area contributed by atoms with E-state index in [9.17, 15) is 19.5 Å². The number of phenols is 1. The maximum atomic E-state index is 14.4. The fourth-order valence-corrected chi connectivity index (χ4v) is 9.41. The van der Waals surface area contributed by atoms with Crippen molar-refractivity contribution in [1.82, 2.24) is 14.7 Å². The Balaban J connectivity index is 0.968. The fraction of sp³-hybridized carbons (Fsp3) is 0.511. The molecule has 59 heavy (non-hydrogen) atoms. The molecule has 14 nitrogen and oxygen atoms in total. The van der Waals surface area contributed by atoms with Gasteiger partial charge in [0.05, 0.1) is 11.6 Å². The first-order valence-corrected chi connectivity index (χ1v) is 21.1. The molecule has 0 radical (unpaired) electrons. The highest BCUT2D eigenvalue weighted by molar-refractivity contribution is 5.86. The summed E-state index contributed by atoms with van der Waals surface area (Å²) in [6.45, 7) is 7.65. The highest BCUT2D eigenvalue weighted by Crippen LogP contribution is 2.42. The third-order valence-electron chi connectivity index (χ3n) is 13.0. The molecule has 2 aromatic carbocycles. The number of carbonyl (C=O) groups is 3. The molecule has 0 aliphatic carbocycles. The summed E-state index contributed by atoms with van der Waals surface area (Å²) in [4.78, 5) is 50.3. The van der Waals surface area contributed by atoms with Gasteiger partial charge in [-0.25, -0.2) is 0 Å². The van der Waals surface area contributed by atoms with Gasteiger partial charge in [-0.3, -0.25) is 14.6 Å². The maximum absolute atomic E-state index is 14.4. The molecule has 0 aromatic heterocycles. The molecule has 2 amide bonds. The predicted octanol–water partition coefficient (Wildman–Crippen LogP) is 3.62. The Labute approximate surface area is 348 Å². The van der Waals surface area contributed by atoms with Gasteiger partial charge in [0.2, 0.25) is 5.91 Å². The number of benzene rings is 2. The maximum Gasteiger partial charge on any atom is 0.266 e. The fourth-order valence-electron chi connectivity index (χ4n) is 9.41. The van der Waals surface area contributed by atoms with E-state index in [0.29, 0.717) is 74.7 Å². The Morgan fingerprint density at radius 3 is 2.20 bits per heavy atom. The average Bonchev–Trinajstić information content (AvgIpc) is 3.24. The number of nitrogens with zero attached hydrogens (tertiary/aromatic N) is 5. The van der Waals surface area contributed by atoms with Crippen LogP contribution in [0.15, 0.2) is 83.5 Å². The molecular formula is C45H63N9O5. The standard InChI is InChI=1S/C45H63N9O5/c1-50-20-12-41(48)59-45(18-26-53(27-19-45)36(30-46)29-39(47)38-5-2-3-7-40(38)56)43(58)54-24-16-44(17-25-54)31-51(32-44)21-13-33-14-22-52(23-15-33)35-10-8-34(9-11-35)37(42(49)57)6-4-28-55/h2-3,5,7-12,20,28-30,33,37,56H,4,6,13-19,21-27,31-32,46-48H2,1H3,(H2,49,57)/b36-30+,39-29-,41-12+,50-20?. The van der Waals surface area contributed by atoms with Crippen LogP contribution in [0.25, 0.3) is 5.70 Å². The zero-order chi connectivity index (χ0) is 42.0. The SMILES string of the molecule is CN=C/C=C(\N)OC1(C(=O)N2CCC3(CC2)CN(CCC2CCN(c4ccc(C(CCC=O)C(N)=O)cc4)CC2)C3)CCN(C(/C=C(\N)c2ccccc2O)=C/N)CC1. The first-order valence-electron chi connectivity index (χ1n) is 21.1. The van der Waals surface area contributed by atoms with Crippen molar-refractivity contribution in [2.45, 2.75) is 69.3 Å². The van der Waals surface area contributed by atoms with Crippen molar-refractivity contribution >= 4 is 35.7 Å². The van der Waals surface area contributed by atoms with Gasteiger partial charge in [-0.2, -0.15) is 0 Å². The number of nitrogens with two attached hydrogens (primary N) is 4. The second-order valence-electron chi connectivity index (χ2n) is 16.8. The van der Waals surface area contributed by atoms with E-state index < -0.39 is 17.4 Å². The van der Waals surface area contributed by atoms with Crippen LogP contribution >= 0.6 is 0 Å².